The topological polar surface area (TPSA) is 181 Å². The molecular weight excluding hydrogens is 544 g/mol. The number of benzene rings is 1. The van der Waals surface area contributed by atoms with Crippen LogP contribution in [0.5, 0.6) is 17.2 Å². The van der Waals surface area contributed by atoms with Crippen LogP contribution in [0.3, 0.4) is 0 Å². The second-order valence-corrected chi connectivity index (χ2v) is 10.4. The number of hydrazone groups is 1. The molecule has 0 aliphatic carbocycles. The summed E-state index contributed by atoms with van der Waals surface area (Å²) in [6.07, 6.45) is 2.95. The van der Waals surface area contributed by atoms with Gasteiger partial charge in [-0.15, -0.1) is 0 Å². The van der Waals surface area contributed by atoms with Gasteiger partial charge in [0.2, 0.25) is 5.75 Å². The molecule has 0 fully saturated rings. The van der Waals surface area contributed by atoms with Crippen molar-refractivity contribution in [2.75, 3.05) is 11.8 Å². The standard InChI is InChI=1S/C25H25ClN8O4S/c1-14(2)16-8-9-20(30-13-16)39(35,36)34-25-21(38-19-7-5-4-6-18(19)37-3)22(26)31-24(32-25)15-10-11-29-17(12-15)23(27)33-28/h4-14H,28H2,1-3H3,(H2,27,33)(H,31,32,34). The average Bonchev–Trinajstić information content (AvgIpc) is 2.94. The first kappa shape index (κ1) is 27.5. The Hall–Kier alpha value is -4.49. The highest BCUT2D eigenvalue weighted by Gasteiger charge is 2.24. The molecule has 0 amide bonds. The van der Waals surface area contributed by atoms with Crippen molar-refractivity contribution < 1.29 is 17.9 Å². The molecule has 39 heavy (non-hydrogen) atoms. The SMILES string of the molecule is COc1ccccc1Oc1c(Cl)nc(-c2ccnc(/C(N)=N/N)c2)nc1NS(=O)(=O)c1ccc(C(C)C)cn1. The lowest BCUT2D eigenvalue weighted by molar-refractivity contribution is 0.378. The fourth-order valence-electron chi connectivity index (χ4n) is 3.37. The van der Waals surface area contributed by atoms with E-state index in [0.717, 1.165) is 5.56 Å². The van der Waals surface area contributed by atoms with E-state index in [2.05, 4.69) is 29.8 Å². The van der Waals surface area contributed by atoms with Crippen molar-refractivity contribution >= 4 is 33.3 Å². The van der Waals surface area contributed by atoms with Crippen LogP contribution in [0.1, 0.15) is 31.0 Å². The summed E-state index contributed by atoms with van der Waals surface area (Å²) < 4.78 is 40.4. The normalized spacial score (nSPS) is 11.9. The lowest BCUT2D eigenvalue weighted by Gasteiger charge is -2.16. The van der Waals surface area contributed by atoms with Crippen molar-refractivity contribution in [3.05, 3.63) is 77.3 Å². The smallest absolute Gasteiger partial charge is 0.280 e. The molecule has 0 saturated carbocycles. The second kappa shape index (κ2) is 11.5. The predicted molar refractivity (Wildman–Crippen MR) is 147 cm³/mol. The van der Waals surface area contributed by atoms with E-state index >= 15 is 0 Å². The molecule has 0 unspecified atom stereocenters. The summed E-state index contributed by atoms with van der Waals surface area (Å²) in [5.41, 5.74) is 7.34. The number of hydrogen-bond donors (Lipinski definition) is 3. The van der Waals surface area contributed by atoms with Crippen LogP contribution in [-0.4, -0.2) is 41.3 Å². The lowest BCUT2D eigenvalue weighted by atomic mass is 10.1. The minimum Gasteiger partial charge on any atom is -0.493 e. The van der Waals surface area contributed by atoms with E-state index in [4.69, 9.17) is 32.7 Å². The van der Waals surface area contributed by atoms with Gasteiger partial charge in [0, 0.05) is 18.0 Å². The van der Waals surface area contributed by atoms with Crippen LogP contribution >= 0.6 is 11.6 Å². The highest BCUT2D eigenvalue weighted by atomic mass is 35.5. The van der Waals surface area contributed by atoms with Crippen LogP contribution in [0.15, 0.2) is 71.1 Å². The average molecular weight is 569 g/mol. The second-order valence-electron chi connectivity index (χ2n) is 8.40. The number of ether oxygens (including phenoxy) is 2. The third-order valence-electron chi connectivity index (χ3n) is 5.46. The Morgan fingerprint density at radius 3 is 2.46 bits per heavy atom. The molecule has 5 N–H and O–H groups in total. The number of nitrogens with two attached hydrogens (primary N) is 2. The number of halogens is 1. The molecule has 0 aliphatic rings. The number of aromatic nitrogens is 4. The Labute approximate surface area is 230 Å². The minimum atomic E-state index is -4.22. The summed E-state index contributed by atoms with van der Waals surface area (Å²) in [6.45, 7) is 3.96. The molecule has 0 bridgehead atoms. The van der Waals surface area contributed by atoms with Gasteiger partial charge in [-0.2, -0.15) is 13.5 Å². The summed E-state index contributed by atoms with van der Waals surface area (Å²) in [5.74, 6) is 5.75. The number of anilines is 1. The molecule has 0 saturated heterocycles. The van der Waals surface area contributed by atoms with Crippen LogP contribution in [0.2, 0.25) is 5.15 Å². The van der Waals surface area contributed by atoms with Crippen molar-refractivity contribution in [1.29, 1.82) is 0 Å². The zero-order valence-electron chi connectivity index (χ0n) is 21.2. The molecule has 12 nitrogen and oxygen atoms in total. The Bertz CT molecular complexity index is 1630. The van der Waals surface area contributed by atoms with Gasteiger partial charge in [-0.1, -0.05) is 43.6 Å². The predicted octanol–water partition coefficient (Wildman–Crippen LogP) is 3.89. The molecular formula is C25H25ClN8O4S. The molecule has 4 rings (SSSR count). The van der Waals surface area contributed by atoms with E-state index in [9.17, 15) is 8.42 Å². The summed E-state index contributed by atoms with van der Waals surface area (Å²) in [5, 5.41) is 3.05. The van der Waals surface area contributed by atoms with Gasteiger partial charge in [0.05, 0.1) is 7.11 Å². The summed E-state index contributed by atoms with van der Waals surface area (Å²) in [6, 6.07) is 13.0. The Morgan fingerprint density at radius 1 is 1.08 bits per heavy atom. The molecule has 3 heterocycles. The minimum absolute atomic E-state index is 0.0177. The van der Waals surface area contributed by atoms with E-state index in [1.807, 2.05) is 13.8 Å². The summed E-state index contributed by atoms with van der Waals surface area (Å²) in [7, 11) is -2.75. The number of para-hydroxylation sites is 2. The van der Waals surface area contributed by atoms with Gasteiger partial charge in [-0.25, -0.2) is 15.0 Å². The molecule has 0 atom stereocenters. The fraction of sp³-hybridized carbons (Fsp3) is 0.160. The number of pyridine rings is 2. The molecule has 0 radical (unpaired) electrons. The van der Waals surface area contributed by atoms with Gasteiger partial charge in [0.15, 0.2) is 39.2 Å². The number of methoxy groups -OCH3 is 1. The first-order valence-corrected chi connectivity index (χ1v) is 13.4. The third kappa shape index (κ3) is 6.16. The van der Waals surface area contributed by atoms with Gasteiger partial charge in [-0.05, 0) is 41.8 Å². The lowest BCUT2D eigenvalue weighted by Crippen LogP contribution is -2.18. The molecule has 202 valence electrons. The maximum absolute atomic E-state index is 13.3. The van der Waals surface area contributed by atoms with Gasteiger partial charge in [0.1, 0.15) is 5.69 Å². The molecule has 1 aromatic carbocycles. The zero-order valence-corrected chi connectivity index (χ0v) is 22.7. The van der Waals surface area contributed by atoms with Crippen molar-refractivity contribution in [3.63, 3.8) is 0 Å². The Kier molecular flexibility index (Phi) is 8.12. The highest BCUT2D eigenvalue weighted by Crippen LogP contribution is 2.40. The van der Waals surface area contributed by atoms with Crippen LogP contribution < -0.4 is 25.8 Å². The summed E-state index contributed by atoms with van der Waals surface area (Å²) in [4.78, 5) is 17.0. The fourth-order valence-corrected chi connectivity index (χ4v) is 4.52. The zero-order chi connectivity index (χ0) is 28.2. The number of rotatable bonds is 9. The van der Waals surface area contributed by atoms with Crippen LogP contribution in [0, 0.1) is 0 Å². The van der Waals surface area contributed by atoms with Crippen LogP contribution in [0.4, 0.5) is 5.82 Å². The van der Waals surface area contributed by atoms with Gasteiger partial charge >= 0.3 is 0 Å². The van der Waals surface area contributed by atoms with Crippen molar-refractivity contribution in [2.45, 2.75) is 24.8 Å². The molecule has 0 aliphatic heterocycles. The van der Waals surface area contributed by atoms with E-state index in [-0.39, 0.29) is 50.8 Å². The molecule has 0 spiro atoms. The number of nitrogens with zero attached hydrogens (tertiary/aromatic N) is 5. The highest BCUT2D eigenvalue weighted by molar-refractivity contribution is 7.92. The number of amidine groups is 1. The van der Waals surface area contributed by atoms with Crippen molar-refractivity contribution in [2.24, 2.45) is 16.7 Å². The van der Waals surface area contributed by atoms with Crippen LogP contribution in [-0.2, 0) is 10.0 Å². The van der Waals surface area contributed by atoms with Crippen molar-refractivity contribution in [1.82, 2.24) is 19.9 Å². The molecule has 14 heteroatoms. The largest absolute Gasteiger partial charge is 0.493 e. The van der Waals surface area contributed by atoms with E-state index in [1.165, 1.54) is 31.6 Å². The third-order valence-corrected chi connectivity index (χ3v) is 6.97. The van der Waals surface area contributed by atoms with E-state index in [0.29, 0.717) is 11.3 Å². The quantitative estimate of drug-likeness (QED) is 0.0880. The first-order valence-electron chi connectivity index (χ1n) is 11.5. The van der Waals surface area contributed by atoms with Gasteiger partial charge < -0.3 is 21.1 Å². The first-order chi connectivity index (χ1) is 18.6. The Morgan fingerprint density at radius 2 is 1.82 bits per heavy atom. The van der Waals surface area contributed by atoms with Crippen molar-refractivity contribution in [3.8, 4) is 28.6 Å². The number of sulfonamides is 1. The molecule has 4 aromatic rings. The number of nitrogens with one attached hydrogen (secondary N) is 1. The van der Waals surface area contributed by atoms with E-state index < -0.39 is 10.0 Å². The van der Waals surface area contributed by atoms with Gasteiger partial charge in [0.25, 0.3) is 10.0 Å². The summed E-state index contributed by atoms with van der Waals surface area (Å²) >= 11 is 6.54. The molecule has 3 aromatic heterocycles. The monoisotopic (exact) mass is 568 g/mol. The maximum atomic E-state index is 13.3. The van der Waals surface area contributed by atoms with Crippen LogP contribution in [0.25, 0.3) is 11.4 Å². The van der Waals surface area contributed by atoms with Gasteiger partial charge in [-0.3, -0.25) is 9.71 Å². The Balaban J connectivity index is 1.83. The number of hydrogen-bond acceptors (Lipinski definition) is 10. The van der Waals surface area contributed by atoms with E-state index in [1.54, 1.807) is 36.4 Å². The maximum Gasteiger partial charge on any atom is 0.280 e.